The third-order valence-corrected chi connectivity index (χ3v) is 4.54. The van der Waals surface area contributed by atoms with Crippen molar-refractivity contribution in [2.75, 3.05) is 7.11 Å². The second kappa shape index (κ2) is 6.48. The second-order valence-electron chi connectivity index (χ2n) is 4.76. The van der Waals surface area contributed by atoms with Crippen LogP contribution in [0.15, 0.2) is 23.1 Å². The van der Waals surface area contributed by atoms with Crippen LogP contribution in [0.3, 0.4) is 0 Å². The second-order valence-corrected chi connectivity index (χ2v) is 6.44. The van der Waals surface area contributed by atoms with Gasteiger partial charge in [-0.1, -0.05) is 13.3 Å². The van der Waals surface area contributed by atoms with E-state index in [1.165, 1.54) is 6.92 Å². The number of ether oxygens (including phenoxy) is 1. The van der Waals surface area contributed by atoms with E-state index in [4.69, 9.17) is 0 Å². The first-order valence-electron chi connectivity index (χ1n) is 6.23. The minimum absolute atomic E-state index is 0.197. The summed E-state index contributed by atoms with van der Waals surface area (Å²) in [4.78, 5) is 11.3. The van der Waals surface area contributed by atoms with Crippen molar-refractivity contribution >= 4 is 16.0 Å². The van der Waals surface area contributed by atoms with Gasteiger partial charge in [0.2, 0.25) is 10.0 Å². The van der Waals surface area contributed by atoms with E-state index in [1.54, 1.807) is 6.92 Å². The summed E-state index contributed by atoms with van der Waals surface area (Å²) in [6.07, 6.45) is 0.717. The Labute approximate surface area is 122 Å². The van der Waals surface area contributed by atoms with Crippen LogP contribution in [0.5, 0.6) is 0 Å². The van der Waals surface area contributed by atoms with Crippen LogP contribution in [0.1, 0.15) is 26.7 Å². The zero-order valence-corrected chi connectivity index (χ0v) is 12.8. The lowest BCUT2D eigenvalue weighted by Crippen LogP contribution is -2.52. The highest BCUT2D eigenvalue weighted by molar-refractivity contribution is 7.89. The first-order chi connectivity index (χ1) is 9.66. The van der Waals surface area contributed by atoms with Gasteiger partial charge >= 0.3 is 5.97 Å². The van der Waals surface area contributed by atoms with Crippen molar-refractivity contribution in [1.29, 1.82) is 0 Å². The molecule has 0 fully saturated rings. The largest absolute Gasteiger partial charge is 0.468 e. The number of esters is 1. The molecule has 0 bridgehead atoms. The number of methoxy groups -OCH3 is 1. The van der Waals surface area contributed by atoms with Crippen LogP contribution in [0.25, 0.3) is 0 Å². The van der Waals surface area contributed by atoms with Crippen LogP contribution < -0.4 is 4.72 Å². The van der Waals surface area contributed by atoms with Crippen molar-refractivity contribution in [3.63, 3.8) is 0 Å². The van der Waals surface area contributed by atoms with Crippen molar-refractivity contribution in [2.45, 2.75) is 37.1 Å². The van der Waals surface area contributed by atoms with Crippen LogP contribution in [0.4, 0.5) is 8.78 Å². The fourth-order valence-electron chi connectivity index (χ4n) is 1.92. The summed E-state index contributed by atoms with van der Waals surface area (Å²) in [6, 6.07) is 2.19. The summed E-state index contributed by atoms with van der Waals surface area (Å²) in [7, 11) is -3.05. The SMILES string of the molecule is CCCC(C)(NS(=O)(=O)c1ccc(F)c(F)c1)C(=O)OC. The van der Waals surface area contributed by atoms with E-state index in [9.17, 15) is 22.0 Å². The van der Waals surface area contributed by atoms with E-state index < -0.39 is 38.1 Å². The lowest BCUT2D eigenvalue weighted by Gasteiger charge is -2.27. The summed E-state index contributed by atoms with van der Waals surface area (Å²) in [5.41, 5.74) is -1.48. The van der Waals surface area contributed by atoms with Gasteiger partial charge in [-0.15, -0.1) is 0 Å². The summed E-state index contributed by atoms with van der Waals surface area (Å²) in [5.74, 6) is -3.19. The predicted molar refractivity (Wildman–Crippen MR) is 72.0 cm³/mol. The Morgan fingerprint density at radius 2 is 1.95 bits per heavy atom. The predicted octanol–water partition coefficient (Wildman–Crippen LogP) is 1.97. The molecule has 118 valence electrons. The van der Waals surface area contributed by atoms with Gasteiger partial charge in [0.15, 0.2) is 11.6 Å². The van der Waals surface area contributed by atoms with Crippen molar-refractivity contribution < 1.29 is 26.7 Å². The molecule has 1 unspecified atom stereocenters. The Morgan fingerprint density at radius 3 is 2.43 bits per heavy atom. The van der Waals surface area contributed by atoms with Crippen molar-refractivity contribution in [2.24, 2.45) is 0 Å². The first-order valence-corrected chi connectivity index (χ1v) is 7.72. The number of carbonyl (C=O) groups excluding carboxylic acids is 1. The molecule has 0 aromatic heterocycles. The number of hydrogen-bond donors (Lipinski definition) is 1. The maximum atomic E-state index is 13.2. The fraction of sp³-hybridized carbons (Fsp3) is 0.462. The number of hydrogen-bond acceptors (Lipinski definition) is 4. The molecule has 1 aromatic rings. The van der Waals surface area contributed by atoms with Gasteiger partial charge < -0.3 is 4.74 Å². The average molecular weight is 321 g/mol. The van der Waals surface area contributed by atoms with Gasteiger partial charge in [-0.3, -0.25) is 4.79 Å². The van der Waals surface area contributed by atoms with Crippen molar-refractivity contribution in [1.82, 2.24) is 4.72 Å². The summed E-state index contributed by atoms with van der Waals surface area (Å²) in [6.45, 7) is 3.15. The maximum absolute atomic E-state index is 13.2. The minimum Gasteiger partial charge on any atom is -0.468 e. The Morgan fingerprint density at radius 1 is 1.33 bits per heavy atom. The number of carbonyl (C=O) groups is 1. The van der Waals surface area contributed by atoms with Crippen LogP contribution in [-0.4, -0.2) is 27.0 Å². The number of sulfonamides is 1. The van der Waals surface area contributed by atoms with Crippen LogP contribution in [0, 0.1) is 11.6 Å². The van der Waals surface area contributed by atoms with Gasteiger partial charge in [-0.25, -0.2) is 17.2 Å². The molecular formula is C13H17F2NO4S. The highest BCUT2D eigenvalue weighted by Crippen LogP contribution is 2.20. The molecular weight excluding hydrogens is 304 g/mol. The summed E-state index contributed by atoms with van der Waals surface area (Å²) < 4.78 is 57.2. The Bertz CT molecular complexity index is 633. The van der Waals surface area contributed by atoms with Crippen LogP contribution in [-0.2, 0) is 19.6 Å². The molecule has 1 rings (SSSR count). The smallest absolute Gasteiger partial charge is 0.326 e. The van der Waals surface area contributed by atoms with Crippen LogP contribution >= 0.6 is 0 Å². The first kappa shape index (κ1) is 17.5. The molecule has 21 heavy (non-hydrogen) atoms. The molecule has 1 N–H and O–H groups in total. The summed E-state index contributed by atoms with van der Waals surface area (Å²) in [5, 5.41) is 0. The van der Waals surface area contributed by atoms with Crippen molar-refractivity contribution in [3.05, 3.63) is 29.8 Å². The topological polar surface area (TPSA) is 72.5 Å². The zero-order chi connectivity index (χ0) is 16.3. The molecule has 1 atom stereocenters. The van der Waals surface area contributed by atoms with Crippen LogP contribution in [0.2, 0.25) is 0 Å². The van der Waals surface area contributed by atoms with Gasteiger partial charge in [0.05, 0.1) is 12.0 Å². The highest BCUT2D eigenvalue weighted by atomic mass is 32.2. The van der Waals surface area contributed by atoms with Crippen molar-refractivity contribution in [3.8, 4) is 0 Å². The molecule has 5 nitrogen and oxygen atoms in total. The van der Waals surface area contributed by atoms with E-state index in [0.717, 1.165) is 13.2 Å². The quantitative estimate of drug-likeness (QED) is 0.813. The molecule has 0 saturated carbocycles. The molecule has 0 saturated heterocycles. The molecule has 1 aromatic carbocycles. The van der Waals surface area contributed by atoms with E-state index >= 15 is 0 Å². The maximum Gasteiger partial charge on any atom is 0.326 e. The normalized spacial score (nSPS) is 14.5. The Hall–Kier alpha value is -1.54. The van der Waals surface area contributed by atoms with Gasteiger partial charge in [-0.05, 0) is 31.5 Å². The van der Waals surface area contributed by atoms with E-state index in [-0.39, 0.29) is 6.42 Å². The molecule has 0 radical (unpaired) electrons. The fourth-order valence-corrected chi connectivity index (χ4v) is 3.32. The van der Waals surface area contributed by atoms with Gasteiger partial charge in [-0.2, -0.15) is 4.72 Å². The van der Waals surface area contributed by atoms with Gasteiger partial charge in [0.1, 0.15) is 5.54 Å². The van der Waals surface area contributed by atoms with E-state index in [1.807, 2.05) is 0 Å². The number of halogens is 2. The zero-order valence-electron chi connectivity index (χ0n) is 11.9. The molecule has 8 heteroatoms. The summed E-state index contributed by atoms with van der Waals surface area (Å²) >= 11 is 0. The Kier molecular flexibility index (Phi) is 5.41. The van der Waals surface area contributed by atoms with Gasteiger partial charge in [0, 0.05) is 0 Å². The molecule has 0 heterocycles. The lowest BCUT2D eigenvalue weighted by atomic mass is 9.98. The molecule has 0 amide bonds. The van der Waals surface area contributed by atoms with E-state index in [0.29, 0.717) is 18.6 Å². The lowest BCUT2D eigenvalue weighted by molar-refractivity contribution is -0.147. The molecule has 0 spiro atoms. The molecule has 0 aliphatic carbocycles. The average Bonchev–Trinajstić information content (AvgIpc) is 2.40. The standard InChI is InChI=1S/C13H17F2NO4S/c1-4-7-13(2,12(17)20-3)16-21(18,19)9-5-6-10(14)11(15)8-9/h5-6,8,16H,4,7H2,1-3H3. The monoisotopic (exact) mass is 321 g/mol. The third kappa shape index (κ3) is 3.98. The van der Waals surface area contributed by atoms with Gasteiger partial charge in [0.25, 0.3) is 0 Å². The highest BCUT2D eigenvalue weighted by Gasteiger charge is 2.38. The molecule has 0 aliphatic rings. The third-order valence-electron chi connectivity index (χ3n) is 2.95. The Balaban J connectivity index is 3.17. The number of benzene rings is 1. The number of nitrogens with one attached hydrogen (secondary N) is 1. The molecule has 0 aliphatic heterocycles. The minimum atomic E-state index is -4.19. The van der Waals surface area contributed by atoms with E-state index in [2.05, 4.69) is 9.46 Å². The number of rotatable bonds is 6.